The minimum atomic E-state index is -1.23. The number of benzene rings is 1. The molecule has 0 heterocycles. The van der Waals surface area contributed by atoms with Crippen molar-refractivity contribution in [3.8, 4) is 11.5 Å². The summed E-state index contributed by atoms with van der Waals surface area (Å²) < 4.78 is 0. The quantitative estimate of drug-likeness (QED) is 0.574. The number of phenols is 2. The Kier molecular flexibility index (Phi) is 5.39. The molecule has 0 amide bonds. The van der Waals surface area contributed by atoms with Gasteiger partial charge >= 0.3 is 5.97 Å². The first-order valence-corrected chi connectivity index (χ1v) is 6.79. The smallest absolute Gasteiger partial charge is 0.323 e. The molecular weight excluding hydrogens is 258 g/mol. The lowest BCUT2D eigenvalue weighted by Gasteiger charge is -2.25. The molecule has 2 unspecified atom stereocenters. The van der Waals surface area contributed by atoms with Crippen LogP contribution in [0.5, 0.6) is 11.5 Å². The van der Waals surface area contributed by atoms with Crippen molar-refractivity contribution in [2.24, 2.45) is 11.7 Å². The topological polar surface area (TPSA) is 104 Å². The van der Waals surface area contributed by atoms with Gasteiger partial charge in [-0.2, -0.15) is 0 Å². The van der Waals surface area contributed by atoms with Gasteiger partial charge < -0.3 is 21.1 Å². The number of aryl methyl sites for hydroxylation is 1. The van der Waals surface area contributed by atoms with E-state index < -0.39 is 11.5 Å². The molecule has 5 heteroatoms. The van der Waals surface area contributed by atoms with Crippen LogP contribution >= 0.6 is 0 Å². The van der Waals surface area contributed by atoms with Crippen molar-refractivity contribution in [2.45, 2.75) is 45.1 Å². The maximum absolute atomic E-state index is 11.0. The fraction of sp³-hybridized carbons (Fsp3) is 0.533. The molecule has 1 rings (SSSR count). The largest absolute Gasteiger partial charge is 0.508 e. The molecule has 20 heavy (non-hydrogen) atoms. The summed E-state index contributed by atoms with van der Waals surface area (Å²) in [6, 6.07) is 4.41. The highest BCUT2D eigenvalue weighted by Crippen LogP contribution is 2.27. The molecule has 0 radical (unpaired) electrons. The van der Waals surface area contributed by atoms with Gasteiger partial charge in [0.15, 0.2) is 0 Å². The van der Waals surface area contributed by atoms with Crippen LogP contribution in [0, 0.1) is 5.92 Å². The standard InChI is InChI=1S/C15H23NO4/c1-3-10(9-15(2,16)14(19)20)4-5-11-8-12(17)6-7-13(11)18/h6-8,10,17-18H,3-5,9,16H2,1-2H3,(H,19,20). The molecule has 1 aromatic carbocycles. The van der Waals surface area contributed by atoms with Gasteiger partial charge in [0.1, 0.15) is 17.0 Å². The lowest BCUT2D eigenvalue weighted by molar-refractivity contribution is -0.143. The fourth-order valence-corrected chi connectivity index (χ4v) is 2.27. The van der Waals surface area contributed by atoms with Crippen LogP contribution in [-0.2, 0) is 11.2 Å². The summed E-state index contributed by atoms with van der Waals surface area (Å²) >= 11 is 0. The number of hydrogen-bond donors (Lipinski definition) is 4. The zero-order valence-electron chi connectivity index (χ0n) is 12.0. The highest BCUT2D eigenvalue weighted by Gasteiger charge is 2.30. The van der Waals surface area contributed by atoms with Crippen LogP contribution in [0.15, 0.2) is 18.2 Å². The summed E-state index contributed by atoms with van der Waals surface area (Å²) in [4.78, 5) is 11.0. The van der Waals surface area contributed by atoms with Crippen LogP contribution in [0.3, 0.4) is 0 Å². The Hall–Kier alpha value is -1.75. The first-order valence-electron chi connectivity index (χ1n) is 6.79. The average molecular weight is 281 g/mol. The number of rotatable bonds is 7. The third kappa shape index (κ3) is 4.42. The number of phenolic OH excluding ortho intramolecular Hbond substituents is 2. The molecule has 0 fully saturated rings. The van der Waals surface area contributed by atoms with E-state index in [1.807, 2.05) is 6.92 Å². The number of aliphatic carboxylic acids is 1. The lowest BCUT2D eigenvalue weighted by Crippen LogP contribution is -2.46. The summed E-state index contributed by atoms with van der Waals surface area (Å²) in [5.74, 6) is -0.592. The van der Waals surface area contributed by atoms with Gasteiger partial charge in [0, 0.05) is 0 Å². The van der Waals surface area contributed by atoms with E-state index in [0.29, 0.717) is 24.8 Å². The Bertz CT molecular complexity index is 471. The molecule has 0 aliphatic carbocycles. The molecule has 1 aromatic rings. The van der Waals surface area contributed by atoms with Gasteiger partial charge in [-0.25, -0.2) is 0 Å². The molecule has 0 spiro atoms. The normalized spacial score (nSPS) is 15.6. The van der Waals surface area contributed by atoms with Gasteiger partial charge in [0.05, 0.1) is 0 Å². The molecule has 5 N–H and O–H groups in total. The van der Waals surface area contributed by atoms with Crippen LogP contribution in [0.2, 0.25) is 0 Å². The van der Waals surface area contributed by atoms with E-state index in [-0.39, 0.29) is 17.4 Å². The molecule has 112 valence electrons. The van der Waals surface area contributed by atoms with Gasteiger partial charge in [-0.05, 0) is 55.9 Å². The molecule has 0 aliphatic heterocycles. The van der Waals surface area contributed by atoms with E-state index >= 15 is 0 Å². The summed E-state index contributed by atoms with van der Waals surface area (Å²) in [6.45, 7) is 3.51. The molecule has 0 aromatic heterocycles. The summed E-state index contributed by atoms with van der Waals surface area (Å²) in [7, 11) is 0. The predicted octanol–water partition coefficient (Wildman–Crippen LogP) is 2.25. The zero-order chi connectivity index (χ0) is 15.3. The number of carboxylic acids is 1. The number of carboxylic acid groups (broad SMARTS) is 1. The Morgan fingerprint density at radius 1 is 1.40 bits per heavy atom. The van der Waals surface area contributed by atoms with Crippen LogP contribution in [0.4, 0.5) is 0 Å². The van der Waals surface area contributed by atoms with Gasteiger partial charge in [-0.15, -0.1) is 0 Å². The molecular formula is C15H23NO4. The van der Waals surface area contributed by atoms with Crippen molar-refractivity contribution >= 4 is 5.97 Å². The second-order valence-corrected chi connectivity index (χ2v) is 5.55. The fourth-order valence-electron chi connectivity index (χ4n) is 2.27. The molecule has 5 nitrogen and oxygen atoms in total. The Labute approximate surface area is 119 Å². The second kappa shape index (κ2) is 6.61. The summed E-state index contributed by atoms with van der Waals surface area (Å²) in [5, 5.41) is 28.2. The van der Waals surface area contributed by atoms with Gasteiger partial charge in [0.2, 0.25) is 0 Å². The maximum atomic E-state index is 11.0. The highest BCUT2D eigenvalue weighted by atomic mass is 16.4. The molecule has 0 saturated heterocycles. The summed E-state index contributed by atoms with van der Waals surface area (Å²) in [6.07, 6.45) is 2.50. The first-order chi connectivity index (χ1) is 9.26. The van der Waals surface area contributed by atoms with Crippen molar-refractivity contribution < 1.29 is 20.1 Å². The Morgan fingerprint density at radius 2 is 2.05 bits per heavy atom. The van der Waals surface area contributed by atoms with E-state index in [2.05, 4.69) is 0 Å². The van der Waals surface area contributed by atoms with E-state index in [4.69, 9.17) is 10.8 Å². The average Bonchev–Trinajstić information content (AvgIpc) is 2.37. The second-order valence-electron chi connectivity index (χ2n) is 5.55. The minimum Gasteiger partial charge on any atom is -0.508 e. The highest BCUT2D eigenvalue weighted by molar-refractivity contribution is 5.77. The third-order valence-corrected chi connectivity index (χ3v) is 3.66. The number of aromatic hydroxyl groups is 2. The van der Waals surface area contributed by atoms with E-state index in [9.17, 15) is 15.0 Å². The predicted molar refractivity (Wildman–Crippen MR) is 76.7 cm³/mol. The number of nitrogens with two attached hydrogens (primary N) is 1. The van der Waals surface area contributed by atoms with Gasteiger partial charge in [0.25, 0.3) is 0 Å². The number of hydrogen-bond acceptors (Lipinski definition) is 4. The number of carbonyl (C=O) groups is 1. The van der Waals surface area contributed by atoms with E-state index in [0.717, 1.165) is 6.42 Å². The van der Waals surface area contributed by atoms with Crippen molar-refractivity contribution in [1.82, 2.24) is 0 Å². The van der Waals surface area contributed by atoms with Crippen molar-refractivity contribution in [1.29, 1.82) is 0 Å². The Balaban J connectivity index is 2.66. The van der Waals surface area contributed by atoms with Crippen molar-refractivity contribution in [3.05, 3.63) is 23.8 Å². The van der Waals surface area contributed by atoms with Crippen LogP contribution in [0.1, 0.15) is 38.7 Å². The van der Waals surface area contributed by atoms with Crippen LogP contribution in [0.25, 0.3) is 0 Å². The van der Waals surface area contributed by atoms with Gasteiger partial charge in [-0.3, -0.25) is 4.79 Å². The Morgan fingerprint density at radius 3 is 2.60 bits per heavy atom. The molecule has 0 bridgehead atoms. The SMILES string of the molecule is CCC(CCc1cc(O)ccc1O)CC(C)(N)C(=O)O. The van der Waals surface area contributed by atoms with E-state index in [1.54, 1.807) is 0 Å². The van der Waals surface area contributed by atoms with Crippen LogP contribution in [-0.4, -0.2) is 26.8 Å². The maximum Gasteiger partial charge on any atom is 0.323 e. The monoisotopic (exact) mass is 281 g/mol. The molecule has 0 aliphatic rings. The lowest BCUT2D eigenvalue weighted by atomic mass is 9.84. The molecule has 2 atom stereocenters. The molecule has 0 saturated carbocycles. The zero-order valence-corrected chi connectivity index (χ0v) is 12.0. The first kappa shape index (κ1) is 16.3. The minimum absolute atomic E-state index is 0.111. The van der Waals surface area contributed by atoms with Crippen LogP contribution < -0.4 is 5.73 Å². The van der Waals surface area contributed by atoms with Crippen molar-refractivity contribution in [3.63, 3.8) is 0 Å². The van der Waals surface area contributed by atoms with E-state index in [1.165, 1.54) is 25.1 Å². The summed E-state index contributed by atoms with van der Waals surface area (Å²) in [5.41, 5.74) is 5.20. The van der Waals surface area contributed by atoms with Crippen molar-refractivity contribution in [2.75, 3.05) is 0 Å². The van der Waals surface area contributed by atoms with Gasteiger partial charge in [-0.1, -0.05) is 13.3 Å². The third-order valence-electron chi connectivity index (χ3n) is 3.66.